The number of hydrogen-bond donors (Lipinski definition) is 3. The van der Waals surface area contributed by atoms with E-state index >= 15 is 0 Å². The quantitative estimate of drug-likeness (QED) is 0.584. The number of carboxylic acids is 1. The Bertz CT molecular complexity index is 976. The molecule has 0 radical (unpaired) electrons. The van der Waals surface area contributed by atoms with E-state index in [-0.39, 0.29) is 24.7 Å². The van der Waals surface area contributed by atoms with Crippen LogP contribution in [-0.2, 0) is 19.1 Å². The number of hydrogen-bond acceptors (Lipinski definition) is 5. The van der Waals surface area contributed by atoms with Gasteiger partial charge < -0.3 is 25.2 Å². The number of amides is 2. The molecule has 32 heavy (non-hydrogen) atoms. The van der Waals surface area contributed by atoms with Gasteiger partial charge in [0.15, 0.2) is 0 Å². The Labute approximate surface area is 185 Å². The van der Waals surface area contributed by atoms with Crippen molar-refractivity contribution in [3.05, 3.63) is 59.7 Å². The van der Waals surface area contributed by atoms with Crippen LogP contribution >= 0.6 is 0 Å². The average Bonchev–Trinajstić information content (AvgIpc) is 3.08. The Balaban J connectivity index is 1.39. The zero-order valence-electron chi connectivity index (χ0n) is 17.7. The van der Waals surface area contributed by atoms with Crippen LogP contribution in [0.15, 0.2) is 48.5 Å². The lowest BCUT2D eigenvalue weighted by Gasteiger charge is -2.36. The van der Waals surface area contributed by atoms with Crippen molar-refractivity contribution in [2.75, 3.05) is 13.7 Å². The molecule has 3 N–H and O–H groups in total. The Morgan fingerprint density at radius 2 is 1.66 bits per heavy atom. The fourth-order valence-corrected chi connectivity index (χ4v) is 4.37. The monoisotopic (exact) mass is 438 g/mol. The first kappa shape index (κ1) is 21.8. The van der Waals surface area contributed by atoms with E-state index in [9.17, 15) is 19.5 Å². The van der Waals surface area contributed by atoms with E-state index in [0.717, 1.165) is 35.1 Å². The summed E-state index contributed by atoms with van der Waals surface area (Å²) in [5, 5.41) is 14.3. The highest BCUT2D eigenvalue weighted by molar-refractivity contribution is 5.89. The summed E-state index contributed by atoms with van der Waals surface area (Å²) in [6.45, 7) is 0.0790. The fourth-order valence-electron chi connectivity index (χ4n) is 4.37. The minimum absolute atomic E-state index is 0.0790. The molecular formula is C24H26N2O6. The molecule has 168 valence electrons. The maximum absolute atomic E-state index is 12.6. The van der Waals surface area contributed by atoms with Gasteiger partial charge in [-0.05, 0) is 35.1 Å². The number of methoxy groups -OCH3 is 1. The number of aliphatic carboxylic acids is 1. The van der Waals surface area contributed by atoms with E-state index in [1.54, 1.807) is 7.11 Å². The molecule has 0 saturated heterocycles. The van der Waals surface area contributed by atoms with Gasteiger partial charge in [0.1, 0.15) is 12.6 Å². The first-order valence-corrected chi connectivity index (χ1v) is 10.6. The van der Waals surface area contributed by atoms with Crippen molar-refractivity contribution in [1.82, 2.24) is 10.6 Å². The third-order valence-corrected chi connectivity index (χ3v) is 6.17. The number of carbonyl (C=O) groups excluding carboxylic acids is 2. The second-order valence-electron chi connectivity index (χ2n) is 8.09. The van der Waals surface area contributed by atoms with Crippen LogP contribution in [0.25, 0.3) is 11.1 Å². The maximum atomic E-state index is 12.6. The van der Waals surface area contributed by atoms with E-state index in [2.05, 4.69) is 10.6 Å². The van der Waals surface area contributed by atoms with Gasteiger partial charge >= 0.3 is 12.1 Å². The summed E-state index contributed by atoms with van der Waals surface area (Å²) < 4.78 is 10.7. The molecule has 2 amide bonds. The number of alkyl carbamates (subject to hydrolysis) is 1. The smallest absolute Gasteiger partial charge is 0.407 e. The third kappa shape index (κ3) is 4.45. The van der Waals surface area contributed by atoms with Gasteiger partial charge in [-0.2, -0.15) is 0 Å². The Morgan fingerprint density at radius 1 is 1.03 bits per heavy atom. The van der Waals surface area contributed by atoms with Gasteiger partial charge in [-0.15, -0.1) is 0 Å². The summed E-state index contributed by atoms with van der Waals surface area (Å²) in [6, 6.07) is 14.5. The van der Waals surface area contributed by atoms with E-state index in [4.69, 9.17) is 9.47 Å². The molecule has 2 aromatic rings. The molecule has 0 bridgehead atoms. The van der Waals surface area contributed by atoms with Crippen molar-refractivity contribution < 1.29 is 29.0 Å². The van der Waals surface area contributed by atoms with Crippen molar-refractivity contribution in [2.45, 2.75) is 43.4 Å². The molecule has 8 heteroatoms. The van der Waals surface area contributed by atoms with E-state index in [1.165, 1.54) is 0 Å². The molecule has 3 unspecified atom stereocenters. The Morgan fingerprint density at radius 3 is 2.19 bits per heavy atom. The SMILES string of the molecule is COC1CCC1NC(=O)C(CC(=O)O)NC(=O)OCC1c2ccccc2-c2ccccc21. The highest BCUT2D eigenvalue weighted by Crippen LogP contribution is 2.44. The lowest BCUT2D eigenvalue weighted by atomic mass is 9.88. The number of nitrogens with one attached hydrogen (secondary N) is 2. The highest BCUT2D eigenvalue weighted by Gasteiger charge is 2.35. The van der Waals surface area contributed by atoms with Gasteiger partial charge in [0.25, 0.3) is 0 Å². The molecule has 1 saturated carbocycles. The molecule has 8 nitrogen and oxygen atoms in total. The summed E-state index contributed by atoms with van der Waals surface area (Å²) in [4.78, 5) is 36.3. The third-order valence-electron chi connectivity index (χ3n) is 6.17. The second-order valence-corrected chi connectivity index (χ2v) is 8.09. The summed E-state index contributed by atoms with van der Waals surface area (Å²) >= 11 is 0. The fraction of sp³-hybridized carbons (Fsp3) is 0.375. The predicted molar refractivity (Wildman–Crippen MR) is 116 cm³/mol. The number of carbonyl (C=O) groups is 3. The molecule has 2 aromatic carbocycles. The second kappa shape index (κ2) is 9.40. The lowest BCUT2D eigenvalue weighted by molar-refractivity contribution is -0.140. The van der Waals surface area contributed by atoms with Crippen LogP contribution in [0.3, 0.4) is 0 Å². The van der Waals surface area contributed by atoms with Crippen molar-refractivity contribution in [2.24, 2.45) is 0 Å². The summed E-state index contributed by atoms with van der Waals surface area (Å²) in [6.07, 6.45) is 0.101. The average molecular weight is 438 g/mol. The molecule has 2 aliphatic rings. The van der Waals surface area contributed by atoms with Crippen molar-refractivity contribution in [3.63, 3.8) is 0 Å². The first-order valence-electron chi connectivity index (χ1n) is 10.6. The zero-order valence-corrected chi connectivity index (χ0v) is 17.7. The minimum Gasteiger partial charge on any atom is -0.481 e. The molecule has 0 aliphatic heterocycles. The van der Waals surface area contributed by atoms with Crippen LogP contribution in [-0.4, -0.2) is 55.0 Å². The van der Waals surface area contributed by atoms with Gasteiger partial charge in [-0.25, -0.2) is 4.79 Å². The van der Waals surface area contributed by atoms with Crippen LogP contribution in [0.5, 0.6) is 0 Å². The summed E-state index contributed by atoms with van der Waals surface area (Å²) in [5.41, 5.74) is 4.34. The Kier molecular flexibility index (Phi) is 6.41. The predicted octanol–water partition coefficient (Wildman–Crippen LogP) is 2.66. The molecule has 4 rings (SSSR count). The van der Waals surface area contributed by atoms with E-state index in [0.29, 0.717) is 0 Å². The standard InChI is InChI=1S/C24H26N2O6/c1-31-21-11-10-19(21)25-23(29)20(12-22(27)28)26-24(30)32-13-18-16-8-4-2-6-14(16)15-7-3-5-9-17(15)18/h2-9,18-21H,10-13H2,1H3,(H,25,29)(H,26,30)(H,27,28). The zero-order chi connectivity index (χ0) is 22.7. The minimum atomic E-state index is -1.23. The number of fused-ring (bicyclic) bond motifs is 3. The van der Waals surface area contributed by atoms with E-state index in [1.807, 2.05) is 48.5 Å². The molecule has 0 aromatic heterocycles. The molecular weight excluding hydrogens is 412 g/mol. The topological polar surface area (TPSA) is 114 Å². The number of benzene rings is 2. The normalized spacial score (nSPS) is 19.8. The van der Waals surface area contributed by atoms with Crippen molar-refractivity contribution in [3.8, 4) is 11.1 Å². The number of rotatable bonds is 8. The molecule has 2 aliphatic carbocycles. The van der Waals surface area contributed by atoms with Crippen LogP contribution in [0, 0.1) is 0 Å². The molecule has 0 heterocycles. The Hall–Kier alpha value is -3.39. The summed E-state index contributed by atoms with van der Waals surface area (Å²) in [5.74, 6) is -1.88. The largest absolute Gasteiger partial charge is 0.481 e. The van der Waals surface area contributed by atoms with Gasteiger partial charge in [0.2, 0.25) is 5.91 Å². The van der Waals surface area contributed by atoms with Gasteiger partial charge in [0, 0.05) is 13.0 Å². The molecule has 0 spiro atoms. The van der Waals surface area contributed by atoms with Crippen LogP contribution in [0.2, 0.25) is 0 Å². The van der Waals surface area contributed by atoms with Crippen molar-refractivity contribution >= 4 is 18.0 Å². The molecule has 3 atom stereocenters. The van der Waals surface area contributed by atoms with E-state index < -0.39 is 30.4 Å². The van der Waals surface area contributed by atoms with Gasteiger partial charge in [0.05, 0.1) is 18.6 Å². The maximum Gasteiger partial charge on any atom is 0.407 e. The first-order chi connectivity index (χ1) is 15.5. The summed E-state index contributed by atoms with van der Waals surface area (Å²) in [7, 11) is 1.56. The van der Waals surface area contributed by atoms with Crippen LogP contribution < -0.4 is 10.6 Å². The lowest BCUT2D eigenvalue weighted by Crippen LogP contribution is -2.57. The highest BCUT2D eigenvalue weighted by atomic mass is 16.5. The van der Waals surface area contributed by atoms with Gasteiger partial charge in [-0.1, -0.05) is 48.5 Å². The van der Waals surface area contributed by atoms with Gasteiger partial charge in [-0.3, -0.25) is 9.59 Å². The van der Waals surface area contributed by atoms with Crippen LogP contribution in [0.4, 0.5) is 4.79 Å². The number of ether oxygens (including phenoxy) is 2. The molecule has 1 fully saturated rings. The van der Waals surface area contributed by atoms with Crippen molar-refractivity contribution in [1.29, 1.82) is 0 Å². The van der Waals surface area contributed by atoms with Crippen LogP contribution in [0.1, 0.15) is 36.3 Å². The number of carboxylic acid groups (broad SMARTS) is 1.